The van der Waals surface area contributed by atoms with Gasteiger partial charge in [0.05, 0.1) is 31.8 Å². The Morgan fingerprint density at radius 1 is 0.551 bits per heavy atom. The van der Waals surface area contributed by atoms with Crippen molar-refractivity contribution in [1.82, 2.24) is 0 Å². The fourth-order valence-corrected chi connectivity index (χ4v) is 9.11. The lowest BCUT2D eigenvalue weighted by molar-refractivity contribution is -0.337. The summed E-state index contributed by atoms with van der Waals surface area (Å²) in [6, 6.07) is 15.5. The molecule has 4 aromatic rings. The number of carbonyl (C=O) groups is 2. The van der Waals surface area contributed by atoms with Crippen LogP contribution >= 0.6 is 0 Å². The van der Waals surface area contributed by atoms with E-state index in [0.717, 1.165) is 68.5 Å². The normalized spacial score (nSPS) is 18.5. The summed E-state index contributed by atoms with van der Waals surface area (Å²) < 4.78 is 35.8. The van der Waals surface area contributed by atoms with Crippen LogP contribution in [0.2, 0.25) is 0 Å². The van der Waals surface area contributed by atoms with Crippen LogP contribution in [0.1, 0.15) is 133 Å². The smallest absolute Gasteiger partial charge is 0.306 e. The minimum atomic E-state index is -0.576. The fraction of sp³-hybridized carbons (Fsp3) is 0.544. The predicted octanol–water partition coefficient (Wildman–Crippen LogP) is 11.0. The number of rotatable bonds is 16. The molecule has 0 atom stereocenters. The molecule has 12 nitrogen and oxygen atoms in total. The zero-order valence-corrected chi connectivity index (χ0v) is 43.4. The molecule has 0 unspecified atom stereocenters. The Bertz CT molecular complexity index is 2200. The van der Waals surface area contributed by atoms with Crippen LogP contribution in [0.5, 0.6) is 23.0 Å². The lowest BCUT2D eigenvalue weighted by atomic mass is 9.82. The first-order valence-corrected chi connectivity index (χ1v) is 24.3. The molecule has 2 saturated heterocycles. The van der Waals surface area contributed by atoms with Gasteiger partial charge in [-0.3, -0.25) is 9.59 Å². The van der Waals surface area contributed by atoms with Crippen molar-refractivity contribution in [2.24, 2.45) is 16.2 Å². The second-order valence-corrected chi connectivity index (χ2v) is 21.2. The Hall–Kier alpha value is -5.14. The van der Waals surface area contributed by atoms with E-state index in [1.54, 1.807) is 0 Å². The molecule has 0 saturated carbocycles. The van der Waals surface area contributed by atoms with Crippen LogP contribution in [0.4, 0.5) is 0 Å². The minimum absolute atomic E-state index is 0.146. The quantitative estimate of drug-likeness (QED) is 0.0785. The molecule has 0 aromatic heterocycles. The van der Waals surface area contributed by atoms with Crippen LogP contribution in [0.25, 0.3) is 0 Å². The Labute approximate surface area is 410 Å². The number of phenols is 4. The number of ether oxygens (including phenoxy) is 6. The molecule has 2 aliphatic heterocycles. The van der Waals surface area contributed by atoms with Crippen molar-refractivity contribution < 1.29 is 58.4 Å². The molecular formula is C57H78O12. The third-order valence-electron chi connectivity index (χ3n) is 13.5. The number of benzene rings is 4. The van der Waals surface area contributed by atoms with E-state index in [1.807, 2.05) is 106 Å². The number of carbonyl (C=O) groups excluding carboxylic acids is 2. The molecule has 6 rings (SSSR count). The van der Waals surface area contributed by atoms with Gasteiger partial charge in [-0.05, 0) is 154 Å². The Balaban J connectivity index is 0.000000336. The van der Waals surface area contributed by atoms with Gasteiger partial charge in [0.1, 0.15) is 36.2 Å². The largest absolute Gasteiger partial charge is 0.508 e. The van der Waals surface area contributed by atoms with Crippen molar-refractivity contribution >= 4 is 11.9 Å². The second-order valence-electron chi connectivity index (χ2n) is 21.2. The van der Waals surface area contributed by atoms with Gasteiger partial charge in [0.15, 0.2) is 12.6 Å². The summed E-state index contributed by atoms with van der Waals surface area (Å²) in [6.45, 7) is 27.1. The van der Waals surface area contributed by atoms with E-state index in [0.29, 0.717) is 56.7 Å². The first kappa shape index (κ1) is 54.8. The highest BCUT2D eigenvalue weighted by molar-refractivity contribution is 5.70. The first-order chi connectivity index (χ1) is 32.3. The molecule has 1 spiro atoms. The van der Waals surface area contributed by atoms with E-state index in [4.69, 9.17) is 28.4 Å². The zero-order valence-electron chi connectivity index (χ0n) is 43.4. The van der Waals surface area contributed by atoms with Crippen LogP contribution < -0.4 is 0 Å². The molecule has 4 aromatic carbocycles. The average Bonchev–Trinajstić information content (AvgIpc) is 3.29. The number of esters is 2. The third-order valence-corrected chi connectivity index (χ3v) is 13.5. The molecule has 2 heterocycles. The number of aryl methyl sites for hydroxylation is 10. The Morgan fingerprint density at radius 3 is 1.20 bits per heavy atom. The van der Waals surface area contributed by atoms with Gasteiger partial charge in [0.2, 0.25) is 0 Å². The third kappa shape index (κ3) is 14.2. The predicted molar refractivity (Wildman–Crippen MR) is 267 cm³/mol. The summed E-state index contributed by atoms with van der Waals surface area (Å²) in [4.78, 5) is 25.0. The van der Waals surface area contributed by atoms with E-state index in [2.05, 4.69) is 32.9 Å². The summed E-state index contributed by atoms with van der Waals surface area (Å²) in [5, 5.41) is 39.8. The van der Waals surface area contributed by atoms with Crippen molar-refractivity contribution in [1.29, 1.82) is 0 Å². The lowest BCUT2D eigenvalue weighted by Crippen LogP contribution is -2.57. The monoisotopic (exact) mass is 955 g/mol. The molecule has 378 valence electrons. The van der Waals surface area contributed by atoms with E-state index in [-0.39, 0.29) is 49.5 Å². The van der Waals surface area contributed by atoms with Gasteiger partial charge in [-0.15, -0.1) is 0 Å². The second kappa shape index (κ2) is 23.2. The van der Waals surface area contributed by atoms with Gasteiger partial charge in [0.25, 0.3) is 0 Å². The van der Waals surface area contributed by atoms with Gasteiger partial charge in [-0.25, -0.2) is 0 Å². The summed E-state index contributed by atoms with van der Waals surface area (Å²) in [7, 11) is 0. The number of hydrogen-bond donors (Lipinski definition) is 4. The highest BCUT2D eigenvalue weighted by Crippen LogP contribution is 2.40. The van der Waals surface area contributed by atoms with Crippen LogP contribution in [0.15, 0.2) is 48.5 Å². The van der Waals surface area contributed by atoms with Crippen LogP contribution in [-0.4, -0.2) is 84.6 Å². The molecule has 0 radical (unpaired) electrons. The van der Waals surface area contributed by atoms with Crippen molar-refractivity contribution in [2.45, 2.75) is 147 Å². The number of hydrogen-bond acceptors (Lipinski definition) is 12. The standard InChI is InChI=1S/C37H52O10.C20H26O2/c1-23-13-27(14-24(2)31(23)40)9-11-29(38)42-17-35(5,6)33-44-19-37(20-45-33)21-46-34(47-22-37)36(7,8)18-43-30(39)12-10-28-15-25(3)32(41)26(4)16-28;1-6-7-16(17-8-14(4)19(21)10-12(17)2)18-9-15(5)20(22)11-13(18)3/h13-16,33-34,40-41H,9-12,17-22H2,1-8H3;8-11,16,21-22H,6-7H2,1-5H3. The summed E-state index contributed by atoms with van der Waals surface area (Å²) in [5.41, 5.74) is 10.1. The van der Waals surface area contributed by atoms with E-state index in [9.17, 15) is 30.0 Å². The molecule has 0 amide bonds. The summed E-state index contributed by atoms with van der Waals surface area (Å²) in [6.07, 6.45) is 2.54. The molecule has 0 aliphatic carbocycles. The zero-order chi connectivity index (χ0) is 51.0. The Morgan fingerprint density at radius 2 is 0.884 bits per heavy atom. The van der Waals surface area contributed by atoms with Gasteiger partial charge in [-0.2, -0.15) is 0 Å². The number of phenolic OH excluding ortho intramolecular Hbond substituents is 4. The molecule has 2 aliphatic rings. The molecule has 12 heteroatoms. The summed E-state index contributed by atoms with van der Waals surface area (Å²) >= 11 is 0. The van der Waals surface area contributed by atoms with Crippen LogP contribution in [0.3, 0.4) is 0 Å². The van der Waals surface area contributed by atoms with Gasteiger partial charge in [-0.1, -0.05) is 77.4 Å². The molecule has 2 fully saturated rings. The van der Waals surface area contributed by atoms with E-state index >= 15 is 0 Å². The van der Waals surface area contributed by atoms with Crippen LogP contribution in [0, 0.1) is 71.6 Å². The molecule has 0 bridgehead atoms. The number of aromatic hydroxyl groups is 4. The first-order valence-electron chi connectivity index (χ1n) is 24.3. The molecule has 4 N–H and O–H groups in total. The average molecular weight is 955 g/mol. The maximum absolute atomic E-state index is 12.5. The van der Waals surface area contributed by atoms with Crippen molar-refractivity contribution in [3.63, 3.8) is 0 Å². The maximum Gasteiger partial charge on any atom is 0.306 e. The van der Waals surface area contributed by atoms with Gasteiger partial charge < -0.3 is 48.8 Å². The van der Waals surface area contributed by atoms with E-state index < -0.39 is 28.8 Å². The SMILES string of the molecule is CCCC(c1cc(C)c(O)cc1C)c1cc(C)c(O)cc1C.Cc1cc(CCC(=O)OCC(C)(C)C2OCC3(CO2)COC(C(C)(C)COC(=O)CCc2cc(C)c(O)c(C)c2)OC3)cc(C)c1O. The topological polar surface area (TPSA) is 170 Å². The molecular weight excluding hydrogens is 877 g/mol. The van der Waals surface area contributed by atoms with Crippen LogP contribution in [-0.2, 0) is 50.9 Å². The van der Waals surface area contributed by atoms with Crippen molar-refractivity contribution in [2.75, 3.05) is 39.6 Å². The van der Waals surface area contributed by atoms with E-state index in [1.165, 1.54) is 11.1 Å². The van der Waals surface area contributed by atoms with Crippen molar-refractivity contribution in [3.8, 4) is 23.0 Å². The van der Waals surface area contributed by atoms with Crippen molar-refractivity contribution in [3.05, 3.63) is 115 Å². The van der Waals surface area contributed by atoms with Gasteiger partial charge in [0, 0.05) is 29.6 Å². The fourth-order valence-electron chi connectivity index (χ4n) is 9.11. The summed E-state index contributed by atoms with van der Waals surface area (Å²) in [5.74, 6) is 0.970. The molecule has 69 heavy (non-hydrogen) atoms. The highest BCUT2D eigenvalue weighted by Gasteiger charge is 2.48. The Kier molecular flexibility index (Phi) is 18.4. The maximum atomic E-state index is 12.5. The minimum Gasteiger partial charge on any atom is -0.508 e. The van der Waals surface area contributed by atoms with Gasteiger partial charge >= 0.3 is 11.9 Å². The lowest BCUT2D eigenvalue weighted by Gasteiger charge is -2.48. The highest BCUT2D eigenvalue weighted by atomic mass is 16.7.